The number of nitrogens with two attached hydrogens (primary N) is 1. The molecule has 96 valence electrons. The Morgan fingerprint density at radius 3 is 2.67 bits per heavy atom. The lowest BCUT2D eigenvalue weighted by molar-refractivity contribution is 0.732. The molecule has 0 radical (unpaired) electrons. The molecular weight excluding hydrogens is 222 g/mol. The Hall–Kier alpha value is -1.32. The molecule has 0 spiro atoms. The second kappa shape index (κ2) is 4.11. The van der Waals surface area contributed by atoms with Crippen LogP contribution in [0, 0.1) is 6.92 Å². The van der Waals surface area contributed by atoms with Crippen molar-refractivity contribution in [1.82, 2.24) is 9.88 Å². The maximum atomic E-state index is 5.98. The van der Waals surface area contributed by atoms with Crippen LogP contribution >= 0.6 is 0 Å². The largest absolute Gasteiger partial charge is 0.348 e. The summed E-state index contributed by atoms with van der Waals surface area (Å²) in [6.45, 7) is 6.27. The van der Waals surface area contributed by atoms with Crippen LogP contribution in [0.4, 0.5) is 0 Å². The van der Waals surface area contributed by atoms with Gasteiger partial charge in [0.1, 0.15) is 0 Å². The van der Waals surface area contributed by atoms with Gasteiger partial charge in [0.25, 0.3) is 0 Å². The molecule has 0 amide bonds. The van der Waals surface area contributed by atoms with E-state index >= 15 is 0 Å². The van der Waals surface area contributed by atoms with Crippen molar-refractivity contribution >= 4 is 10.9 Å². The Balaban J connectivity index is 2.25. The summed E-state index contributed by atoms with van der Waals surface area (Å²) in [4.78, 5) is 0. The Morgan fingerprint density at radius 2 is 2.00 bits per heavy atom. The molecule has 0 saturated carbocycles. The molecule has 18 heavy (non-hydrogen) atoms. The molecule has 1 unspecified atom stereocenters. The fourth-order valence-electron chi connectivity index (χ4n) is 3.01. The van der Waals surface area contributed by atoms with Crippen molar-refractivity contribution in [3.05, 3.63) is 34.5 Å². The molecule has 3 nitrogen and oxygen atoms in total. The zero-order valence-corrected chi connectivity index (χ0v) is 11.4. The minimum absolute atomic E-state index is 0.209. The molecule has 0 bridgehead atoms. The summed E-state index contributed by atoms with van der Waals surface area (Å²) in [5, 5.41) is 4.80. The number of hydrogen-bond acceptors (Lipinski definition) is 2. The van der Waals surface area contributed by atoms with Crippen molar-refractivity contribution in [2.45, 2.75) is 39.4 Å². The zero-order chi connectivity index (χ0) is 12.9. The monoisotopic (exact) mass is 243 g/mol. The van der Waals surface area contributed by atoms with Crippen molar-refractivity contribution in [2.75, 3.05) is 0 Å². The van der Waals surface area contributed by atoms with Gasteiger partial charge in [-0.2, -0.15) is 0 Å². The van der Waals surface area contributed by atoms with Crippen LogP contribution in [0.25, 0.3) is 10.9 Å². The van der Waals surface area contributed by atoms with Gasteiger partial charge in [0.2, 0.25) is 0 Å². The van der Waals surface area contributed by atoms with E-state index in [0.29, 0.717) is 0 Å². The number of aromatic nitrogens is 1. The number of aryl methyl sites for hydroxylation is 1. The molecule has 1 aromatic carbocycles. The maximum absolute atomic E-state index is 5.98. The van der Waals surface area contributed by atoms with Crippen molar-refractivity contribution in [1.29, 1.82) is 0 Å². The fraction of sp³-hybridized carbons (Fsp3) is 0.467. The van der Waals surface area contributed by atoms with E-state index < -0.39 is 0 Å². The van der Waals surface area contributed by atoms with Crippen LogP contribution in [0.5, 0.6) is 0 Å². The third-order valence-corrected chi connectivity index (χ3v) is 4.10. The Morgan fingerprint density at radius 1 is 1.33 bits per heavy atom. The predicted octanol–water partition coefficient (Wildman–Crippen LogP) is 1.98. The van der Waals surface area contributed by atoms with Crippen LogP contribution in [0.1, 0.15) is 29.3 Å². The van der Waals surface area contributed by atoms with E-state index in [2.05, 4.69) is 42.9 Å². The minimum Gasteiger partial charge on any atom is -0.348 e. The summed E-state index contributed by atoms with van der Waals surface area (Å²) in [6, 6.07) is 4.90. The van der Waals surface area contributed by atoms with Gasteiger partial charge in [-0.3, -0.25) is 0 Å². The average Bonchev–Trinajstić information content (AvgIpc) is 2.86. The zero-order valence-electron chi connectivity index (χ0n) is 11.4. The number of nitrogens with one attached hydrogen (secondary N) is 1. The molecule has 3 N–H and O–H groups in total. The van der Waals surface area contributed by atoms with Crippen molar-refractivity contribution < 1.29 is 0 Å². The lowest BCUT2D eigenvalue weighted by atomic mass is 10.0. The highest BCUT2D eigenvalue weighted by Crippen LogP contribution is 2.30. The quantitative estimate of drug-likeness (QED) is 0.847. The smallest absolute Gasteiger partial charge is 0.0486 e. The van der Waals surface area contributed by atoms with E-state index in [4.69, 9.17) is 5.73 Å². The first kappa shape index (κ1) is 11.8. The van der Waals surface area contributed by atoms with Gasteiger partial charge in [0, 0.05) is 42.8 Å². The lowest BCUT2D eigenvalue weighted by Gasteiger charge is -2.06. The van der Waals surface area contributed by atoms with Gasteiger partial charge in [0.05, 0.1) is 0 Å². The number of benzene rings is 1. The summed E-state index contributed by atoms with van der Waals surface area (Å²) in [6.07, 6.45) is 0.954. The van der Waals surface area contributed by atoms with Crippen molar-refractivity contribution in [3.8, 4) is 0 Å². The standard InChI is InChI=1S/C15H21N3/c1-9(16)4-13-10(2)18(3)15-6-12-8-17-7-11(12)5-14(13)15/h5-6,9,17H,4,7-8,16H2,1-3H3. The van der Waals surface area contributed by atoms with E-state index in [1.165, 1.54) is 33.3 Å². The minimum atomic E-state index is 0.209. The second-order valence-electron chi connectivity index (χ2n) is 5.55. The van der Waals surface area contributed by atoms with Gasteiger partial charge < -0.3 is 15.6 Å². The highest BCUT2D eigenvalue weighted by atomic mass is 15.0. The summed E-state index contributed by atoms with van der Waals surface area (Å²) in [5.74, 6) is 0. The average molecular weight is 243 g/mol. The van der Waals surface area contributed by atoms with Crippen molar-refractivity contribution in [2.24, 2.45) is 12.8 Å². The number of hydrogen-bond donors (Lipinski definition) is 2. The summed E-state index contributed by atoms with van der Waals surface area (Å²) >= 11 is 0. The molecule has 3 rings (SSSR count). The lowest BCUT2D eigenvalue weighted by Crippen LogP contribution is -2.18. The van der Waals surface area contributed by atoms with Gasteiger partial charge in [-0.25, -0.2) is 0 Å². The van der Waals surface area contributed by atoms with Crippen LogP contribution in [0.3, 0.4) is 0 Å². The molecule has 0 aliphatic carbocycles. The molecule has 2 heterocycles. The predicted molar refractivity (Wildman–Crippen MR) is 75.6 cm³/mol. The molecule has 3 heteroatoms. The molecule has 1 aliphatic heterocycles. The molecule has 0 saturated heterocycles. The first-order chi connectivity index (χ1) is 8.58. The molecule has 0 fully saturated rings. The molecular formula is C15H21N3. The topological polar surface area (TPSA) is 43.0 Å². The molecule has 2 aromatic rings. The van der Waals surface area contributed by atoms with Crippen LogP contribution in [-0.2, 0) is 26.6 Å². The van der Waals surface area contributed by atoms with Crippen LogP contribution < -0.4 is 11.1 Å². The van der Waals surface area contributed by atoms with Crippen LogP contribution in [0.2, 0.25) is 0 Å². The summed E-state index contributed by atoms with van der Waals surface area (Å²) in [5.41, 5.74) is 13.0. The summed E-state index contributed by atoms with van der Waals surface area (Å²) in [7, 11) is 2.15. The van der Waals surface area contributed by atoms with Gasteiger partial charge in [-0.1, -0.05) is 0 Å². The third kappa shape index (κ3) is 1.66. The third-order valence-electron chi connectivity index (χ3n) is 4.10. The van der Waals surface area contributed by atoms with Gasteiger partial charge >= 0.3 is 0 Å². The Labute approximate surface area is 108 Å². The normalized spacial score (nSPS) is 16.2. The Bertz CT molecular complexity index is 608. The SMILES string of the molecule is Cc1c(CC(C)N)c2cc3c(cc2n1C)CNC3. The molecule has 1 aromatic heterocycles. The van der Waals surface area contributed by atoms with E-state index in [0.717, 1.165) is 19.5 Å². The highest BCUT2D eigenvalue weighted by Gasteiger charge is 2.17. The number of nitrogens with zero attached hydrogens (tertiary/aromatic N) is 1. The van der Waals surface area contributed by atoms with Gasteiger partial charge in [0.15, 0.2) is 0 Å². The fourth-order valence-corrected chi connectivity index (χ4v) is 3.01. The van der Waals surface area contributed by atoms with E-state index in [1.54, 1.807) is 0 Å². The molecule has 1 aliphatic rings. The van der Waals surface area contributed by atoms with Gasteiger partial charge in [-0.05, 0) is 49.1 Å². The Kier molecular flexibility index (Phi) is 2.68. The second-order valence-corrected chi connectivity index (χ2v) is 5.55. The van der Waals surface area contributed by atoms with E-state index in [-0.39, 0.29) is 6.04 Å². The first-order valence-electron chi connectivity index (χ1n) is 6.64. The molecule has 1 atom stereocenters. The first-order valence-corrected chi connectivity index (χ1v) is 6.64. The van der Waals surface area contributed by atoms with E-state index in [1.807, 2.05) is 0 Å². The highest BCUT2D eigenvalue weighted by molar-refractivity contribution is 5.87. The maximum Gasteiger partial charge on any atom is 0.0486 e. The van der Waals surface area contributed by atoms with Crippen molar-refractivity contribution in [3.63, 3.8) is 0 Å². The van der Waals surface area contributed by atoms with Gasteiger partial charge in [-0.15, -0.1) is 0 Å². The van der Waals surface area contributed by atoms with E-state index in [9.17, 15) is 0 Å². The van der Waals surface area contributed by atoms with Crippen LogP contribution in [-0.4, -0.2) is 10.6 Å². The summed E-state index contributed by atoms with van der Waals surface area (Å²) < 4.78 is 2.30. The number of rotatable bonds is 2. The van der Waals surface area contributed by atoms with Crippen LogP contribution in [0.15, 0.2) is 12.1 Å². The number of fused-ring (bicyclic) bond motifs is 2.